The van der Waals surface area contributed by atoms with Crippen molar-refractivity contribution in [3.8, 4) is 11.4 Å². The summed E-state index contributed by atoms with van der Waals surface area (Å²) in [4.78, 5) is 4.57. The Morgan fingerprint density at radius 1 is 1.14 bits per heavy atom. The van der Waals surface area contributed by atoms with Gasteiger partial charge < -0.3 is 13.9 Å². The van der Waals surface area contributed by atoms with Crippen LogP contribution in [0.2, 0.25) is 5.02 Å². The third-order valence-corrected chi connectivity index (χ3v) is 5.24. The Hall–Kier alpha value is -3.25. The Labute approximate surface area is 174 Å². The van der Waals surface area contributed by atoms with Crippen LogP contribution in [0.15, 0.2) is 53.6 Å². The number of hydrogen-bond acceptors (Lipinski definition) is 4. The highest BCUT2D eigenvalue weighted by atomic mass is 35.5. The van der Waals surface area contributed by atoms with Gasteiger partial charge >= 0.3 is 0 Å². The Kier molecular flexibility index (Phi) is 5.03. The van der Waals surface area contributed by atoms with Crippen LogP contribution in [0.4, 0.5) is 5.95 Å². The first kappa shape index (κ1) is 19.1. The summed E-state index contributed by atoms with van der Waals surface area (Å²) in [5.74, 6) is 1.45. The van der Waals surface area contributed by atoms with Gasteiger partial charge in [0, 0.05) is 29.0 Å². The molecule has 0 amide bonds. The molecule has 1 N–H and O–H groups in total. The molecule has 0 atom stereocenters. The molecular weight excluding hydrogens is 386 g/mol. The van der Waals surface area contributed by atoms with Crippen molar-refractivity contribution in [1.29, 1.82) is 0 Å². The van der Waals surface area contributed by atoms with E-state index in [0.717, 1.165) is 39.4 Å². The predicted molar refractivity (Wildman–Crippen MR) is 119 cm³/mol. The Bertz CT molecular complexity index is 1220. The highest BCUT2D eigenvalue weighted by Gasteiger charge is 2.14. The zero-order valence-corrected chi connectivity index (χ0v) is 17.5. The molecule has 29 heavy (non-hydrogen) atoms. The van der Waals surface area contributed by atoms with Crippen molar-refractivity contribution in [2.24, 2.45) is 12.1 Å². The number of aryl methyl sites for hydroxylation is 2. The number of fused-ring (bicyclic) bond motifs is 1. The van der Waals surface area contributed by atoms with Crippen molar-refractivity contribution >= 4 is 34.8 Å². The summed E-state index contributed by atoms with van der Waals surface area (Å²) in [7, 11) is 3.62. The third kappa shape index (κ3) is 3.47. The van der Waals surface area contributed by atoms with Crippen LogP contribution in [0.3, 0.4) is 0 Å². The maximum absolute atomic E-state index is 6.22. The van der Waals surface area contributed by atoms with Crippen LogP contribution >= 0.6 is 11.6 Å². The number of nitrogens with one attached hydrogen (secondary N) is 1. The largest absolute Gasteiger partial charge is 0.495 e. The van der Waals surface area contributed by atoms with Gasteiger partial charge in [0.1, 0.15) is 5.75 Å². The second-order valence-electron chi connectivity index (χ2n) is 6.83. The summed E-state index contributed by atoms with van der Waals surface area (Å²) in [6.07, 6.45) is 1.80. The lowest BCUT2D eigenvalue weighted by atomic mass is 10.2. The predicted octanol–water partition coefficient (Wildman–Crippen LogP) is 5.09. The molecule has 0 radical (unpaired) electrons. The van der Waals surface area contributed by atoms with E-state index in [2.05, 4.69) is 26.1 Å². The van der Waals surface area contributed by atoms with Crippen LogP contribution in [0.25, 0.3) is 16.7 Å². The molecule has 0 aliphatic rings. The number of imidazole rings is 1. The molecule has 0 unspecified atom stereocenters. The quantitative estimate of drug-likeness (QED) is 0.370. The van der Waals surface area contributed by atoms with Crippen molar-refractivity contribution in [2.45, 2.75) is 13.8 Å². The molecule has 0 saturated heterocycles. The molecule has 7 heteroatoms. The standard InChI is InChI=1S/C22H22ClN5O/c1-14-11-16(15(2)28(14)20-12-17(23)9-10-21(20)29-4)13-24-26-22-25-18-7-5-6-8-19(18)27(22)3/h5-13H,1-4H3,(H,25,26)/b24-13-. The van der Waals surface area contributed by atoms with Crippen molar-refractivity contribution in [3.63, 3.8) is 0 Å². The monoisotopic (exact) mass is 407 g/mol. The summed E-state index contributed by atoms with van der Waals surface area (Å²) >= 11 is 6.22. The number of ether oxygens (including phenoxy) is 1. The normalized spacial score (nSPS) is 11.5. The first-order valence-corrected chi connectivity index (χ1v) is 9.60. The van der Waals surface area contributed by atoms with Gasteiger partial charge in [-0.25, -0.2) is 10.4 Å². The van der Waals surface area contributed by atoms with Crippen molar-refractivity contribution in [1.82, 2.24) is 14.1 Å². The number of methoxy groups -OCH3 is 1. The smallest absolute Gasteiger partial charge is 0.224 e. The lowest BCUT2D eigenvalue weighted by Gasteiger charge is -2.14. The number of aromatic nitrogens is 3. The summed E-state index contributed by atoms with van der Waals surface area (Å²) in [6.45, 7) is 4.09. The van der Waals surface area contributed by atoms with Crippen molar-refractivity contribution in [2.75, 3.05) is 12.5 Å². The molecule has 0 saturated carbocycles. The van der Waals surface area contributed by atoms with E-state index in [0.29, 0.717) is 11.0 Å². The minimum Gasteiger partial charge on any atom is -0.495 e. The van der Waals surface area contributed by atoms with Gasteiger partial charge in [0.2, 0.25) is 5.95 Å². The average Bonchev–Trinajstić information content (AvgIpc) is 3.18. The van der Waals surface area contributed by atoms with E-state index in [1.54, 1.807) is 13.3 Å². The average molecular weight is 408 g/mol. The van der Waals surface area contributed by atoms with Crippen LogP contribution in [0, 0.1) is 13.8 Å². The van der Waals surface area contributed by atoms with Gasteiger partial charge in [-0.3, -0.25) is 0 Å². The molecule has 2 aromatic heterocycles. The fourth-order valence-electron chi connectivity index (χ4n) is 3.53. The molecule has 4 rings (SSSR count). The van der Waals surface area contributed by atoms with E-state index in [1.165, 1.54) is 0 Å². The van der Waals surface area contributed by atoms with Gasteiger partial charge in [-0.2, -0.15) is 5.10 Å². The molecule has 0 aliphatic heterocycles. The summed E-state index contributed by atoms with van der Waals surface area (Å²) in [6, 6.07) is 15.7. The zero-order valence-electron chi connectivity index (χ0n) is 16.8. The van der Waals surface area contributed by atoms with E-state index in [1.807, 2.05) is 67.9 Å². The molecule has 0 spiro atoms. The molecule has 0 aliphatic carbocycles. The minimum absolute atomic E-state index is 0.659. The minimum atomic E-state index is 0.659. The highest BCUT2D eigenvalue weighted by Crippen LogP contribution is 2.30. The SMILES string of the molecule is COc1ccc(Cl)cc1-n1c(C)cc(/C=N\Nc2nc3ccccc3n2C)c1C. The third-order valence-electron chi connectivity index (χ3n) is 5.01. The maximum atomic E-state index is 6.22. The van der Waals surface area contributed by atoms with Crippen LogP contribution in [-0.2, 0) is 7.05 Å². The molecule has 6 nitrogen and oxygen atoms in total. The van der Waals surface area contributed by atoms with Crippen LogP contribution in [0.1, 0.15) is 17.0 Å². The molecule has 4 aromatic rings. The fourth-order valence-corrected chi connectivity index (χ4v) is 3.70. The number of hydrazone groups is 1. The number of anilines is 1. The molecule has 0 fully saturated rings. The fraction of sp³-hybridized carbons (Fsp3) is 0.182. The van der Waals surface area contributed by atoms with E-state index in [9.17, 15) is 0 Å². The second kappa shape index (κ2) is 7.64. The first-order valence-electron chi connectivity index (χ1n) is 9.23. The summed E-state index contributed by atoms with van der Waals surface area (Å²) in [5.41, 5.74) is 9.03. The van der Waals surface area contributed by atoms with E-state index < -0.39 is 0 Å². The molecular formula is C22H22ClN5O. The van der Waals surface area contributed by atoms with Crippen LogP contribution in [0.5, 0.6) is 5.75 Å². The van der Waals surface area contributed by atoms with E-state index >= 15 is 0 Å². The highest BCUT2D eigenvalue weighted by molar-refractivity contribution is 6.30. The lowest BCUT2D eigenvalue weighted by molar-refractivity contribution is 0.412. The van der Waals surface area contributed by atoms with Crippen molar-refractivity contribution < 1.29 is 4.74 Å². The first-order chi connectivity index (χ1) is 14.0. The summed E-state index contributed by atoms with van der Waals surface area (Å²) in [5, 5.41) is 5.07. The Morgan fingerprint density at radius 3 is 2.69 bits per heavy atom. The van der Waals surface area contributed by atoms with Gasteiger partial charge in [-0.05, 0) is 50.2 Å². The van der Waals surface area contributed by atoms with Gasteiger partial charge in [0.05, 0.1) is 30.0 Å². The number of benzene rings is 2. The number of para-hydroxylation sites is 2. The maximum Gasteiger partial charge on any atom is 0.224 e. The van der Waals surface area contributed by atoms with Crippen LogP contribution < -0.4 is 10.2 Å². The molecule has 148 valence electrons. The second-order valence-corrected chi connectivity index (χ2v) is 7.27. The number of nitrogens with zero attached hydrogens (tertiary/aromatic N) is 4. The van der Waals surface area contributed by atoms with Gasteiger partial charge in [0.15, 0.2) is 0 Å². The summed E-state index contributed by atoms with van der Waals surface area (Å²) < 4.78 is 9.61. The topological polar surface area (TPSA) is 56.4 Å². The van der Waals surface area contributed by atoms with Crippen LogP contribution in [-0.4, -0.2) is 27.4 Å². The lowest BCUT2D eigenvalue weighted by Crippen LogP contribution is -2.03. The van der Waals surface area contributed by atoms with E-state index in [-0.39, 0.29) is 0 Å². The zero-order chi connectivity index (χ0) is 20.5. The number of rotatable bonds is 5. The van der Waals surface area contributed by atoms with Gasteiger partial charge in [-0.15, -0.1) is 0 Å². The Morgan fingerprint density at radius 2 is 1.93 bits per heavy atom. The van der Waals surface area contributed by atoms with Gasteiger partial charge in [-0.1, -0.05) is 23.7 Å². The number of hydrogen-bond donors (Lipinski definition) is 1. The Balaban J connectivity index is 1.64. The molecule has 0 bridgehead atoms. The molecule has 2 heterocycles. The van der Waals surface area contributed by atoms with Gasteiger partial charge in [0.25, 0.3) is 0 Å². The van der Waals surface area contributed by atoms with Crippen molar-refractivity contribution in [3.05, 3.63) is 70.5 Å². The van der Waals surface area contributed by atoms with E-state index in [4.69, 9.17) is 16.3 Å². The number of halogens is 1. The molecule has 2 aromatic carbocycles.